The molecule has 6 heteroatoms. The van der Waals surface area contributed by atoms with Crippen LogP contribution in [0.4, 0.5) is 0 Å². The highest BCUT2D eigenvalue weighted by Crippen LogP contribution is 2.36. The second kappa shape index (κ2) is 4.25. The number of nitrogens with one attached hydrogen (secondary N) is 1. The average molecular weight is 289 g/mol. The number of ether oxygens (including phenoxy) is 3. The van der Waals surface area contributed by atoms with Crippen LogP contribution in [0.25, 0.3) is 10.9 Å². The van der Waals surface area contributed by atoms with Crippen molar-refractivity contribution in [1.82, 2.24) is 4.98 Å². The summed E-state index contributed by atoms with van der Waals surface area (Å²) in [5.74, 6) is 0.331. The summed E-state index contributed by atoms with van der Waals surface area (Å²) < 4.78 is 15.7. The third-order valence-corrected chi connectivity index (χ3v) is 3.66. The molecule has 2 heterocycles. The third-order valence-electron chi connectivity index (χ3n) is 3.66. The highest BCUT2D eigenvalue weighted by molar-refractivity contribution is 5.98. The van der Waals surface area contributed by atoms with E-state index in [1.165, 1.54) is 14.2 Å². The van der Waals surface area contributed by atoms with Crippen molar-refractivity contribution >= 4 is 16.9 Å². The van der Waals surface area contributed by atoms with Crippen LogP contribution in [0.15, 0.2) is 16.9 Å². The first kappa shape index (κ1) is 13.5. The van der Waals surface area contributed by atoms with E-state index in [2.05, 4.69) is 4.98 Å². The molecule has 1 aliphatic heterocycles. The van der Waals surface area contributed by atoms with Gasteiger partial charge >= 0.3 is 5.97 Å². The minimum Gasteiger partial charge on any atom is -0.493 e. The molecule has 1 aromatic carbocycles. The first-order valence-corrected chi connectivity index (χ1v) is 6.45. The fourth-order valence-electron chi connectivity index (χ4n) is 2.60. The topological polar surface area (TPSA) is 77.6 Å². The molecule has 21 heavy (non-hydrogen) atoms. The van der Waals surface area contributed by atoms with Gasteiger partial charge in [0.05, 0.1) is 30.8 Å². The molecule has 0 aliphatic carbocycles. The highest BCUT2D eigenvalue weighted by Gasteiger charge is 2.41. The minimum absolute atomic E-state index is 0.0553. The summed E-state index contributed by atoms with van der Waals surface area (Å²) in [7, 11) is 3.01. The van der Waals surface area contributed by atoms with Crippen molar-refractivity contribution in [2.45, 2.75) is 19.4 Å². The number of cyclic esters (lactones) is 1. The summed E-state index contributed by atoms with van der Waals surface area (Å²) in [5.41, 5.74) is -0.109. The van der Waals surface area contributed by atoms with Crippen LogP contribution >= 0.6 is 0 Å². The van der Waals surface area contributed by atoms with E-state index in [4.69, 9.17) is 14.2 Å². The Labute approximate surface area is 120 Å². The Hall–Kier alpha value is -2.50. The third kappa shape index (κ3) is 1.79. The molecular weight excluding hydrogens is 274 g/mol. The van der Waals surface area contributed by atoms with Gasteiger partial charge in [0.15, 0.2) is 11.5 Å². The second-order valence-electron chi connectivity index (χ2n) is 5.36. The fourth-order valence-corrected chi connectivity index (χ4v) is 2.60. The Morgan fingerprint density at radius 3 is 2.33 bits per heavy atom. The van der Waals surface area contributed by atoms with E-state index in [1.54, 1.807) is 26.0 Å². The van der Waals surface area contributed by atoms with E-state index in [0.29, 0.717) is 28.1 Å². The molecule has 1 aliphatic rings. The van der Waals surface area contributed by atoms with E-state index in [9.17, 15) is 9.59 Å². The first-order valence-electron chi connectivity index (χ1n) is 6.45. The molecule has 2 aromatic rings. The SMILES string of the molecule is COc1cc2[nH]c3c(c(=O)c2cc1OC)C(=O)OC3(C)C. The molecule has 1 aromatic heterocycles. The number of methoxy groups -OCH3 is 2. The lowest BCUT2D eigenvalue weighted by atomic mass is 10.00. The highest BCUT2D eigenvalue weighted by atomic mass is 16.6. The largest absolute Gasteiger partial charge is 0.493 e. The van der Waals surface area contributed by atoms with Crippen LogP contribution in [0, 0.1) is 0 Å². The average Bonchev–Trinajstić information content (AvgIpc) is 2.67. The van der Waals surface area contributed by atoms with Gasteiger partial charge in [0.1, 0.15) is 11.2 Å². The molecule has 110 valence electrons. The van der Waals surface area contributed by atoms with Crippen LogP contribution in [0.2, 0.25) is 0 Å². The maximum absolute atomic E-state index is 12.6. The van der Waals surface area contributed by atoms with E-state index in [0.717, 1.165) is 0 Å². The summed E-state index contributed by atoms with van der Waals surface area (Å²) in [4.78, 5) is 27.6. The zero-order valence-electron chi connectivity index (χ0n) is 12.2. The van der Waals surface area contributed by atoms with Crippen LogP contribution in [0.1, 0.15) is 29.9 Å². The molecule has 1 N–H and O–H groups in total. The second-order valence-corrected chi connectivity index (χ2v) is 5.36. The Kier molecular flexibility index (Phi) is 2.73. The van der Waals surface area contributed by atoms with Crippen LogP contribution < -0.4 is 14.9 Å². The van der Waals surface area contributed by atoms with Crippen LogP contribution in [-0.2, 0) is 10.3 Å². The van der Waals surface area contributed by atoms with Gasteiger partial charge in [-0.25, -0.2) is 4.79 Å². The molecule has 0 spiro atoms. The van der Waals surface area contributed by atoms with Crippen molar-refractivity contribution in [3.05, 3.63) is 33.6 Å². The van der Waals surface area contributed by atoms with Crippen LogP contribution in [-0.4, -0.2) is 25.2 Å². The number of fused-ring (bicyclic) bond motifs is 2. The molecule has 0 bridgehead atoms. The lowest BCUT2D eigenvalue weighted by molar-refractivity contribution is 0.00834. The normalized spacial score (nSPS) is 15.7. The molecular formula is C15H15NO5. The van der Waals surface area contributed by atoms with Gasteiger partial charge < -0.3 is 19.2 Å². The number of rotatable bonds is 2. The minimum atomic E-state index is -0.854. The quantitative estimate of drug-likeness (QED) is 0.855. The summed E-state index contributed by atoms with van der Waals surface area (Å²) in [6.07, 6.45) is 0. The van der Waals surface area contributed by atoms with Crippen LogP contribution in [0.3, 0.4) is 0 Å². The van der Waals surface area contributed by atoms with Gasteiger partial charge in [0.25, 0.3) is 0 Å². The summed E-state index contributed by atoms with van der Waals surface area (Å²) in [5, 5.41) is 0.362. The van der Waals surface area contributed by atoms with Crippen LogP contribution in [0.5, 0.6) is 11.5 Å². The molecule has 0 atom stereocenters. The maximum atomic E-state index is 12.6. The Bertz CT molecular complexity index is 819. The number of pyridine rings is 1. The van der Waals surface area contributed by atoms with Crippen molar-refractivity contribution in [3.63, 3.8) is 0 Å². The standard InChI is InChI=1S/C15H15NO5/c1-15(2)13-11(14(18)21-15)12(17)7-5-9(19-3)10(20-4)6-8(7)16-13/h5-6H,1-4H3,(H,16,17). The number of carbonyl (C=O) groups is 1. The lowest BCUT2D eigenvalue weighted by Crippen LogP contribution is -2.19. The zero-order chi connectivity index (χ0) is 15.4. The number of H-pyrrole nitrogens is 1. The number of aromatic nitrogens is 1. The van der Waals surface area contributed by atoms with Gasteiger partial charge in [-0.3, -0.25) is 4.79 Å². The molecule has 0 fully saturated rings. The predicted molar refractivity (Wildman–Crippen MR) is 76.1 cm³/mol. The Morgan fingerprint density at radius 1 is 1.10 bits per heavy atom. The van der Waals surface area contributed by atoms with Gasteiger partial charge in [-0.1, -0.05) is 0 Å². The molecule has 0 unspecified atom stereocenters. The predicted octanol–water partition coefficient (Wildman–Crippen LogP) is 1.95. The molecule has 0 saturated heterocycles. The number of carbonyl (C=O) groups excluding carboxylic acids is 1. The van der Waals surface area contributed by atoms with E-state index >= 15 is 0 Å². The molecule has 6 nitrogen and oxygen atoms in total. The number of aromatic amines is 1. The number of hydrogen-bond donors (Lipinski definition) is 1. The van der Waals surface area contributed by atoms with Gasteiger partial charge in [0, 0.05) is 6.07 Å². The summed E-state index contributed by atoms with van der Waals surface area (Å²) >= 11 is 0. The van der Waals surface area contributed by atoms with Crippen molar-refractivity contribution in [2.24, 2.45) is 0 Å². The van der Waals surface area contributed by atoms with Gasteiger partial charge in [0.2, 0.25) is 5.43 Å². The van der Waals surface area contributed by atoms with Crippen molar-refractivity contribution in [2.75, 3.05) is 14.2 Å². The first-order chi connectivity index (χ1) is 9.89. The number of benzene rings is 1. The van der Waals surface area contributed by atoms with Crippen molar-refractivity contribution in [3.8, 4) is 11.5 Å². The van der Waals surface area contributed by atoms with Gasteiger partial charge in [-0.05, 0) is 19.9 Å². The molecule has 0 amide bonds. The number of hydrogen-bond acceptors (Lipinski definition) is 5. The molecule has 0 saturated carbocycles. The van der Waals surface area contributed by atoms with Gasteiger partial charge in [-0.15, -0.1) is 0 Å². The van der Waals surface area contributed by atoms with E-state index in [1.807, 2.05) is 0 Å². The lowest BCUT2D eigenvalue weighted by Gasteiger charge is -2.17. The summed E-state index contributed by atoms with van der Waals surface area (Å²) in [6, 6.07) is 3.24. The zero-order valence-corrected chi connectivity index (χ0v) is 12.2. The smallest absolute Gasteiger partial charge is 0.345 e. The maximum Gasteiger partial charge on any atom is 0.345 e. The van der Waals surface area contributed by atoms with Crippen molar-refractivity contribution < 1.29 is 19.0 Å². The Balaban J connectivity index is 2.42. The number of esters is 1. The Morgan fingerprint density at radius 2 is 1.71 bits per heavy atom. The van der Waals surface area contributed by atoms with Gasteiger partial charge in [-0.2, -0.15) is 0 Å². The van der Waals surface area contributed by atoms with E-state index < -0.39 is 11.6 Å². The fraction of sp³-hybridized carbons (Fsp3) is 0.333. The van der Waals surface area contributed by atoms with E-state index in [-0.39, 0.29) is 11.0 Å². The molecule has 3 rings (SSSR count). The monoisotopic (exact) mass is 289 g/mol. The molecule has 0 radical (unpaired) electrons. The summed E-state index contributed by atoms with van der Waals surface area (Å²) in [6.45, 7) is 3.47. The van der Waals surface area contributed by atoms with Crippen molar-refractivity contribution in [1.29, 1.82) is 0 Å².